The molecule has 3 atom stereocenters. The Morgan fingerprint density at radius 2 is 1.80 bits per heavy atom. The molecule has 8 heterocycles. The summed E-state index contributed by atoms with van der Waals surface area (Å²) >= 11 is 0. The lowest BCUT2D eigenvalue weighted by Crippen LogP contribution is -2.54. The Balaban J connectivity index is 0.695. The first-order valence-corrected chi connectivity index (χ1v) is 22.8. The van der Waals surface area contributed by atoms with Crippen molar-refractivity contribution in [3.05, 3.63) is 65.4 Å². The number of para-hydroxylation sites is 1. The predicted molar refractivity (Wildman–Crippen MR) is 234 cm³/mol. The number of benzene rings is 1. The molecule has 3 amide bonds. The van der Waals surface area contributed by atoms with Crippen LogP contribution in [0.5, 0.6) is 0 Å². The monoisotopic (exact) mass is 894 g/mol. The number of likely N-dealkylation sites (tertiary alicyclic amines) is 2. The maximum Gasteiger partial charge on any atom is 0.284 e. The van der Waals surface area contributed by atoms with Gasteiger partial charge in [0.15, 0.2) is 11.3 Å². The van der Waals surface area contributed by atoms with E-state index in [1.165, 1.54) is 23.3 Å². The van der Waals surface area contributed by atoms with E-state index in [9.17, 15) is 23.2 Å². The standard InChI is InChI=1S/C46H53F3N12O4/c1-56-42-30(5-2-7-32(42)40(54-56)33-12-13-39(62)53-45(33)63)6-3-20-65-37-14-18-58(26-35(37)47)22-28-8-10-31(11-9-28)61-27-36(41(55-61)43(48)49)51-46(64)34-21-50-60-19-15-38(52-44(34)60)59-24-29(25-59)23-57-16-4-17-57/h2,5,7,15,19,21,27-29,31,33,35,37,43H,4,8-14,16-18,20,22-26H2,1H3,(H,51,64)(H,53,62,63)/t28?,31?,33?,35-,37+/m0/s1. The quantitative estimate of drug-likeness (QED) is 0.130. The van der Waals surface area contributed by atoms with Crippen molar-refractivity contribution >= 4 is 45.8 Å². The number of aromatic nitrogens is 7. The molecule has 10 rings (SSSR count). The Bertz CT molecular complexity index is 2650. The molecule has 1 unspecified atom stereocenters. The molecule has 4 aliphatic heterocycles. The minimum atomic E-state index is -2.89. The molecule has 19 heteroatoms. The average Bonchev–Trinajstić information content (AvgIpc) is 3.98. The number of amides is 3. The summed E-state index contributed by atoms with van der Waals surface area (Å²) in [6.07, 6.45) is 5.64. The van der Waals surface area contributed by atoms with Crippen LogP contribution in [0.3, 0.4) is 0 Å². The highest BCUT2D eigenvalue weighted by molar-refractivity contribution is 6.08. The smallest absolute Gasteiger partial charge is 0.284 e. The number of hydrogen-bond acceptors (Lipinski definition) is 11. The van der Waals surface area contributed by atoms with E-state index in [-0.39, 0.29) is 48.7 Å². The van der Waals surface area contributed by atoms with E-state index in [4.69, 9.17) is 9.72 Å². The highest BCUT2D eigenvalue weighted by Crippen LogP contribution is 2.37. The van der Waals surface area contributed by atoms with Crippen LogP contribution in [0.4, 0.5) is 24.7 Å². The van der Waals surface area contributed by atoms with Crippen molar-refractivity contribution in [3.63, 3.8) is 0 Å². The van der Waals surface area contributed by atoms with Crippen molar-refractivity contribution in [2.75, 3.05) is 69.2 Å². The van der Waals surface area contributed by atoms with E-state index in [0.717, 1.165) is 81.7 Å². The van der Waals surface area contributed by atoms with Crippen molar-refractivity contribution in [1.29, 1.82) is 0 Å². The summed E-state index contributed by atoms with van der Waals surface area (Å²) in [6.45, 7) is 6.96. The number of fused-ring (bicyclic) bond motifs is 2. The molecule has 0 bridgehead atoms. The van der Waals surface area contributed by atoms with Gasteiger partial charge in [0.05, 0.1) is 46.7 Å². The average molecular weight is 895 g/mol. The molecule has 5 aliphatic rings. The summed E-state index contributed by atoms with van der Waals surface area (Å²) in [7, 11) is 1.80. The van der Waals surface area contributed by atoms with Crippen molar-refractivity contribution < 1.29 is 32.3 Å². The second-order valence-corrected chi connectivity index (χ2v) is 18.3. The first-order chi connectivity index (χ1) is 31.5. The zero-order chi connectivity index (χ0) is 44.8. The van der Waals surface area contributed by atoms with Crippen LogP contribution >= 0.6 is 0 Å². The molecule has 1 aromatic carbocycles. The number of carbonyl (C=O) groups excluding carboxylic acids is 3. The lowest BCUT2D eigenvalue weighted by Gasteiger charge is -2.44. The topological polar surface area (TPSA) is 160 Å². The van der Waals surface area contributed by atoms with Crippen LogP contribution in [-0.4, -0.2) is 133 Å². The Morgan fingerprint density at radius 3 is 2.55 bits per heavy atom. The van der Waals surface area contributed by atoms with E-state index in [2.05, 4.69) is 52.5 Å². The van der Waals surface area contributed by atoms with Crippen LogP contribution in [0.15, 0.2) is 42.9 Å². The summed E-state index contributed by atoms with van der Waals surface area (Å²) in [5, 5.41) is 19.1. The second kappa shape index (κ2) is 18.2. The molecule has 0 spiro atoms. The van der Waals surface area contributed by atoms with Crippen LogP contribution < -0.4 is 15.5 Å². The largest absolute Gasteiger partial charge is 0.362 e. The van der Waals surface area contributed by atoms with Gasteiger partial charge in [-0.1, -0.05) is 24.0 Å². The number of ether oxygens (including phenoxy) is 1. The molecule has 1 saturated carbocycles. The first kappa shape index (κ1) is 43.1. The molecule has 0 radical (unpaired) electrons. The van der Waals surface area contributed by atoms with Crippen molar-refractivity contribution in [3.8, 4) is 11.8 Å². The molecule has 5 fully saturated rings. The van der Waals surface area contributed by atoms with E-state index < -0.39 is 36.2 Å². The summed E-state index contributed by atoms with van der Waals surface area (Å²) < 4.78 is 54.8. The number of imide groups is 1. The van der Waals surface area contributed by atoms with Gasteiger partial charge in [0.25, 0.3) is 12.3 Å². The van der Waals surface area contributed by atoms with Crippen molar-refractivity contribution in [2.24, 2.45) is 18.9 Å². The van der Waals surface area contributed by atoms with Crippen LogP contribution in [-0.2, 0) is 21.4 Å². The van der Waals surface area contributed by atoms with E-state index in [1.54, 1.807) is 22.6 Å². The summed E-state index contributed by atoms with van der Waals surface area (Å²) in [5.41, 5.74) is 2.15. The molecular weight excluding hydrogens is 842 g/mol. The molecule has 1 aliphatic carbocycles. The van der Waals surface area contributed by atoms with Crippen LogP contribution in [0.1, 0.15) is 97.1 Å². The van der Waals surface area contributed by atoms with Gasteiger partial charge in [-0.15, -0.1) is 0 Å². The number of hydrogen-bond donors (Lipinski definition) is 2. The zero-order valence-electron chi connectivity index (χ0n) is 36.3. The number of nitrogens with one attached hydrogen (secondary N) is 2. The molecule has 5 aromatic rings. The van der Waals surface area contributed by atoms with Crippen molar-refractivity contribution in [2.45, 2.75) is 82.0 Å². The fraction of sp³-hybridized carbons (Fsp3) is 0.543. The molecule has 4 aromatic heterocycles. The fourth-order valence-corrected chi connectivity index (χ4v) is 10.3. The minimum absolute atomic E-state index is 0.0318. The number of piperidine rings is 2. The highest BCUT2D eigenvalue weighted by atomic mass is 19.3. The van der Waals surface area contributed by atoms with Gasteiger partial charge in [-0.25, -0.2) is 22.7 Å². The minimum Gasteiger partial charge on any atom is -0.362 e. The molecule has 4 saturated heterocycles. The highest BCUT2D eigenvalue weighted by Gasteiger charge is 2.35. The Kier molecular flexibility index (Phi) is 12.1. The number of halogens is 3. The third-order valence-electron chi connectivity index (χ3n) is 13.9. The number of nitrogens with zero attached hydrogens (tertiary/aromatic N) is 10. The van der Waals surface area contributed by atoms with Crippen LogP contribution in [0.25, 0.3) is 16.6 Å². The Hall–Kier alpha value is -5.84. The van der Waals surface area contributed by atoms with Gasteiger partial charge in [0.2, 0.25) is 11.8 Å². The summed E-state index contributed by atoms with van der Waals surface area (Å²) in [4.78, 5) is 49.3. The van der Waals surface area contributed by atoms with Gasteiger partial charge < -0.3 is 19.9 Å². The number of rotatable bonds is 12. The third kappa shape index (κ3) is 8.95. The fourth-order valence-electron chi connectivity index (χ4n) is 10.3. The molecule has 2 N–H and O–H groups in total. The molecule has 65 heavy (non-hydrogen) atoms. The molecular formula is C46H53F3N12O4. The zero-order valence-corrected chi connectivity index (χ0v) is 36.3. The number of carbonyl (C=O) groups is 3. The van der Waals surface area contributed by atoms with Gasteiger partial charge in [0.1, 0.15) is 24.2 Å². The van der Waals surface area contributed by atoms with Crippen molar-refractivity contribution in [1.82, 2.24) is 49.3 Å². The SMILES string of the molecule is Cn1nc(C2CCC(=O)NC2=O)c2cccc(C#CCO[C@@H]3CCN(CC4CCC(n5cc(NC(=O)c6cnn7ccc(N8CC(CN9CCC9)C8)nc67)c(C(F)F)n5)CC4)C[C@@H]3F)c21. The van der Waals surface area contributed by atoms with Gasteiger partial charge >= 0.3 is 0 Å². The lowest BCUT2D eigenvalue weighted by atomic mass is 9.85. The van der Waals surface area contributed by atoms with E-state index >= 15 is 4.39 Å². The number of alkyl halides is 3. The Labute approximate surface area is 373 Å². The second-order valence-electron chi connectivity index (χ2n) is 18.3. The summed E-state index contributed by atoms with van der Waals surface area (Å²) in [5.74, 6) is 6.14. The predicted octanol–water partition coefficient (Wildman–Crippen LogP) is 4.88. The van der Waals surface area contributed by atoms with Crippen LogP contribution in [0, 0.1) is 23.7 Å². The molecule has 16 nitrogen and oxygen atoms in total. The van der Waals surface area contributed by atoms with Gasteiger partial charge in [0, 0.05) is 76.4 Å². The van der Waals surface area contributed by atoms with Gasteiger partial charge in [-0.05, 0) is 76.1 Å². The lowest BCUT2D eigenvalue weighted by molar-refractivity contribution is -0.134. The Morgan fingerprint density at radius 1 is 0.985 bits per heavy atom. The maximum absolute atomic E-state index is 15.5. The molecule has 342 valence electrons. The van der Waals surface area contributed by atoms with Gasteiger partial charge in [-0.2, -0.15) is 15.3 Å². The van der Waals surface area contributed by atoms with Gasteiger partial charge in [-0.3, -0.25) is 34.0 Å². The first-order valence-electron chi connectivity index (χ1n) is 22.8. The van der Waals surface area contributed by atoms with Crippen LogP contribution in [0.2, 0.25) is 0 Å². The maximum atomic E-state index is 15.5. The summed E-state index contributed by atoms with van der Waals surface area (Å²) in [6, 6.07) is 7.40. The van der Waals surface area contributed by atoms with E-state index in [0.29, 0.717) is 48.1 Å². The third-order valence-corrected chi connectivity index (χ3v) is 13.9. The van der Waals surface area contributed by atoms with E-state index in [1.807, 2.05) is 24.3 Å². The number of aryl methyl sites for hydroxylation is 1. The normalized spacial score (nSPS) is 24.5. The number of anilines is 2.